The smallest absolute Gasteiger partial charge is 0.343 e. The Morgan fingerprint density at radius 1 is 1.07 bits per heavy atom. The van der Waals surface area contributed by atoms with Gasteiger partial charge < -0.3 is 14.8 Å². The molecule has 27 heavy (non-hydrogen) atoms. The fraction of sp³-hybridized carbons (Fsp3) is 0.150. The summed E-state index contributed by atoms with van der Waals surface area (Å²) >= 11 is 0. The van der Waals surface area contributed by atoms with Gasteiger partial charge in [0.25, 0.3) is 5.91 Å². The highest BCUT2D eigenvalue weighted by Gasteiger charge is 2.33. The molecule has 2 aromatic carbocycles. The Morgan fingerprint density at radius 3 is 2.52 bits per heavy atom. The first-order valence-electron chi connectivity index (χ1n) is 8.25. The van der Waals surface area contributed by atoms with Crippen LogP contribution in [0, 0.1) is 0 Å². The minimum absolute atomic E-state index is 0.144. The van der Waals surface area contributed by atoms with Gasteiger partial charge in [-0.3, -0.25) is 9.69 Å². The van der Waals surface area contributed by atoms with Gasteiger partial charge in [0, 0.05) is 5.56 Å². The molecule has 1 saturated heterocycles. The monoisotopic (exact) mass is 366 g/mol. The van der Waals surface area contributed by atoms with Gasteiger partial charge in [-0.2, -0.15) is 0 Å². The zero-order valence-electron chi connectivity index (χ0n) is 14.7. The van der Waals surface area contributed by atoms with Gasteiger partial charge in [-0.05, 0) is 17.7 Å². The summed E-state index contributed by atoms with van der Waals surface area (Å²) in [6.45, 7) is -0.0690. The number of hydrogen-bond acceptors (Lipinski definition) is 5. The number of esters is 1. The SMILES string of the molecule is COC(=O)COc1ccccc1/C=C1/NC(=O)N(Cc2ccccc2)C1=O. The van der Waals surface area contributed by atoms with Gasteiger partial charge in [0.05, 0.1) is 13.7 Å². The molecule has 7 heteroatoms. The first-order chi connectivity index (χ1) is 13.1. The van der Waals surface area contributed by atoms with E-state index in [0.29, 0.717) is 11.3 Å². The Morgan fingerprint density at radius 2 is 1.78 bits per heavy atom. The molecular weight excluding hydrogens is 348 g/mol. The third-order valence-electron chi connectivity index (χ3n) is 3.94. The molecule has 0 atom stereocenters. The molecule has 0 spiro atoms. The summed E-state index contributed by atoms with van der Waals surface area (Å²) in [7, 11) is 1.27. The number of para-hydroxylation sites is 1. The van der Waals surface area contributed by atoms with Crippen molar-refractivity contribution >= 4 is 24.0 Å². The number of hydrogen-bond donors (Lipinski definition) is 1. The summed E-state index contributed by atoms with van der Waals surface area (Å²) in [4.78, 5) is 37.2. The Labute approximate surface area is 156 Å². The van der Waals surface area contributed by atoms with Crippen molar-refractivity contribution in [1.82, 2.24) is 10.2 Å². The fourth-order valence-electron chi connectivity index (χ4n) is 2.56. The van der Waals surface area contributed by atoms with Crippen LogP contribution >= 0.6 is 0 Å². The van der Waals surface area contributed by atoms with Crippen molar-refractivity contribution < 1.29 is 23.9 Å². The van der Waals surface area contributed by atoms with Gasteiger partial charge in [0.1, 0.15) is 11.4 Å². The van der Waals surface area contributed by atoms with Crippen LogP contribution < -0.4 is 10.1 Å². The number of benzene rings is 2. The van der Waals surface area contributed by atoms with Crippen molar-refractivity contribution in [2.75, 3.05) is 13.7 Å². The van der Waals surface area contributed by atoms with E-state index < -0.39 is 17.9 Å². The average Bonchev–Trinajstić information content (AvgIpc) is 2.95. The van der Waals surface area contributed by atoms with Gasteiger partial charge in [-0.1, -0.05) is 48.5 Å². The van der Waals surface area contributed by atoms with E-state index in [9.17, 15) is 14.4 Å². The minimum Gasteiger partial charge on any atom is -0.481 e. The summed E-state index contributed by atoms with van der Waals surface area (Å²) in [5, 5.41) is 2.58. The second-order valence-corrected chi connectivity index (χ2v) is 5.77. The lowest BCUT2D eigenvalue weighted by Gasteiger charge is -2.11. The maximum Gasteiger partial charge on any atom is 0.343 e. The lowest BCUT2D eigenvalue weighted by molar-refractivity contribution is -0.142. The van der Waals surface area contributed by atoms with E-state index in [1.165, 1.54) is 13.2 Å². The van der Waals surface area contributed by atoms with Crippen molar-refractivity contribution in [2.45, 2.75) is 6.54 Å². The van der Waals surface area contributed by atoms with Crippen molar-refractivity contribution in [1.29, 1.82) is 0 Å². The lowest BCUT2D eigenvalue weighted by atomic mass is 10.1. The molecule has 3 amide bonds. The molecule has 138 valence electrons. The molecular formula is C20H18N2O5. The van der Waals surface area contributed by atoms with Crippen LogP contribution in [0.4, 0.5) is 4.79 Å². The summed E-state index contributed by atoms with van der Waals surface area (Å²) in [5.74, 6) is -0.540. The van der Waals surface area contributed by atoms with Crippen LogP contribution in [0.15, 0.2) is 60.3 Å². The van der Waals surface area contributed by atoms with Crippen LogP contribution in [0.3, 0.4) is 0 Å². The van der Waals surface area contributed by atoms with Gasteiger partial charge in [-0.25, -0.2) is 9.59 Å². The van der Waals surface area contributed by atoms with E-state index in [0.717, 1.165) is 10.5 Å². The van der Waals surface area contributed by atoms with E-state index >= 15 is 0 Å². The van der Waals surface area contributed by atoms with Crippen molar-refractivity contribution in [2.24, 2.45) is 0 Å². The number of nitrogens with zero attached hydrogens (tertiary/aromatic N) is 1. The number of rotatable bonds is 6. The van der Waals surface area contributed by atoms with E-state index in [-0.39, 0.29) is 18.8 Å². The molecule has 0 aromatic heterocycles. The summed E-state index contributed by atoms with van der Waals surface area (Å²) in [6, 6.07) is 15.7. The number of carbonyl (C=O) groups is 3. The average molecular weight is 366 g/mol. The number of nitrogens with one attached hydrogen (secondary N) is 1. The van der Waals surface area contributed by atoms with Crippen LogP contribution in [0.2, 0.25) is 0 Å². The molecule has 7 nitrogen and oxygen atoms in total. The van der Waals surface area contributed by atoms with Crippen LogP contribution in [0.5, 0.6) is 5.75 Å². The van der Waals surface area contributed by atoms with Gasteiger partial charge in [-0.15, -0.1) is 0 Å². The third kappa shape index (κ3) is 4.33. The molecule has 1 N–H and O–H groups in total. The van der Waals surface area contributed by atoms with E-state index in [1.54, 1.807) is 24.3 Å². The number of carbonyl (C=O) groups excluding carboxylic acids is 3. The zero-order valence-corrected chi connectivity index (χ0v) is 14.7. The highest BCUT2D eigenvalue weighted by molar-refractivity contribution is 6.14. The molecule has 0 bridgehead atoms. The van der Waals surface area contributed by atoms with Crippen LogP contribution in [0.1, 0.15) is 11.1 Å². The van der Waals surface area contributed by atoms with Crippen molar-refractivity contribution in [3.63, 3.8) is 0 Å². The number of imide groups is 1. The largest absolute Gasteiger partial charge is 0.481 e. The highest BCUT2D eigenvalue weighted by atomic mass is 16.6. The first-order valence-corrected chi connectivity index (χ1v) is 8.25. The maximum atomic E-state index is 12.6. The normalized spacial score (nSPS) is 15.0. The second-order valence-electron chi connectivity index (χ2n) is 5.77. The molecule has 0 radical (unpaired) electrons. The molecule has 3 rings (SSSR count). The molecule has 1 aliphatic heterocycles. The van der Waals surface area contributed by atoms with Crippen LogP contribution in [0.25, 0.3) is 6.08 Å². The van der Waals surface area contributed by atoms with Gasteiger partial charge >= 0.3 is 12.0 Å². The van der Waals surface area contributed by atoms with Crippen molar-refractivity contribution in [3.05, 3.63) is 71.4 Å². The van der Waals surface area contributed by atoms with Crippen LogP contribution in [-0.4, -0.2) is 36.5 Å². The summed E-state index contributed by atoms with van der Waals surface area (Å²) in [6.07, 6.45) is 1.53. The first kappa shape index (κ1) is 18.2. The number of ether oxygens (including phenoxy) is 2. The standard InChI is InChI=1S/C20H18N2O5/c1-26-18(23)13-27-17-10-6-5-9-15(17)11-16-19(24)22(20(25)21-16)12-14-7-3-2-4-8-14/h2-11H,12-13H2,1H3,(H,21,25)/b16-11+. The predicted octanol–water partition coefficient (Wildman–Crippen LogP) is 2.33. The molecule has 0 saturated carbocycles. The number of methoxy groups -OCH3 is 1. The van der Waals surface area contributed by atoms with Crippen LogP contribution in [-0.2, 0) is 20.9 Å². The fourth-order valence-corrected chi connectivity index (χ4v) is 2.56. The molecule has 2 aromatic rings. The Bertz CT molecular complexity index is 892. The second kappa shape index (κ2) is 8.18. The summed E-state index contributed by atoms with van der Waals surface area (Å²) < 4.78 is 9.98. The van der Waals surface area contributed by atoms with Gasteiger partial charge in [0.2, 0.25) is 0 Å². The van der Waals surface area contributed by atoms with E-state index in [4.69, 9.17) is 4.74 Å². The molecule has 1 heterocycles. The molecule has 1 aliphatic rings. The number of amides is 3. The molecule has 0 unspecified atom stereocenters. The maximum absolute atomic E-state index is 12.6. The molecule has 1 fully saturated rings. The Balaban J connectivity index is 1.79. The van der Waals surface area contributed by atoms with Gasteiger partial charge in [0.15, 0.2) is 6.61 Å². The summed E-state index contributed by atoms with van der Waals surface area (Å²) in [5.41, 5.74) is 1.56. The quantitative estimate of drug-likeness (QED) is 0.482. The third-order valence-corrected chi connectivity index (χ3v) is 3.94. The minimum atomic E-state index is -0.517. The van der Waals surface area contributed by atoms with E-state index in [2.05, 4.69) is 10.1 Å². The van der Waals surface area contributed by atoms with Crippen molar-refractivity contribution in [3.8, 4) is 5.75 Å². The topological polar surface area (TPSA) is 84.9 Å². The zero-order chi connectivity index (χ0) is 19.2. The lowest BCUT2D eigenvalue weighted by Crippen LogP contribution is -2.30. The Kier molecular flexibility index (Phi) is 5.51. The number of urea groups is 1. The van der Waals surface area contributed by atoms with E-state index in [1.807, 2.05) is 30.3 Å². The Hall–Kier alpha value is -3.61. The highest BCUT2D eigenvalue weighted by Crippen LogP contribution is 2.23. The predicted molar refractivity (Wildman–Crippen MR) is 97.5 cm³/mol. The molecule has 0 aliphatic carbocycles.